The summed E-state index contributed by atoms with van der Waals surface area (Å²) >= 11 is 1.20. The van der Waals surface area contributed by atoms with Crippen molar-refractivity contribution in [2.75, 3.05) is 25.5 Å². The number of halogens is 3. The summed E-state index contributed by atoms with van der Waals surface area (Å²) in [7, 11) is 1.63. The molecule has 1 atom stereocenters. The fourth-order valence-electron chi connectivity index (χ4n) is 2.94. The van der Waals surface area contributed by atoms with Gasteiger partial charge in [-0.2, -0.15) is 13.2 Å². The first-order valence-electron chi connectivity index (χ1n) is 9.25. The maximum absolute atomic E-state index is 12.3. The number of carbonyl (C=O) groups excluding carboxylic acids is 1. The van der Waals surface area contributed by atoms with E-state index in [-0.39, 0.29) is 10.2 Å². The average Bonchev–Trinajstić information content (AvgIpc) is 3.22. The molecule has 0 fully saturated rings. The van der Waals surface area contributed by atoms with Crippen LogP contribution in [0, 0.1) is 0 Å². The minimum Gasteiger partial charge on any atom is -0.496 e. The standard InChI is InChI=1S/C20H21F3N4O2S/c1-29-15-5-3-2-4-13(15)8-9-24-18-10-14(26-12-27-18)16-6-7-17(30-16)19(28)25-11-20(21,22)23/h2-5,7,10,12,16H,6,8-9,11H2,1H3,(H,25,28)(H,24,26,27). The molecule has 6 nitrogen and oxygen atoms in total. The largest absolute Gasteiger partial charge is 0.496 e. The Morgan fingerprint density at radius 2 is 2.10 bits per heavy atom. The van der Waals surface area contributed by atoms with Crippen LogP contribution in [0.3, 0.4) is 0 Å². The number of nitrogens with one attached hydrogen (secondary N) is 2. The van der Waals surface area contributed by atoms with E-state index >= 15 is 0 Å². The van der Waals surface area contributed by atoms with Gasteiger partial charge in [-0.3, -0.25) is 4.79 Å². The lowest BCUT2D eigenvalue weighted by Gasteiger charge is -2.13. The summed E-state index contributed by atoms with van der Waals surface area (Å²) in [5.41, 5.74) is 1.79. The quantitative estimate of drug-likeness (QED) is 0.652. The first-order valence-corrected chi connectivity index (χ1v) is 10.1. The number of para-hydroxylation sites is 1. The Hall–Kier alpha value is -2.75. The summed E-state index contributed by atoms with van der Waals surface area (Å²) in [6, 6.07) is 9.57. The molecule has 1 unspecified atom stereocenters. The highest BCUT2D eigenvalue weighted by Crippen LogP contribution is 2.43. The fourth-order valence-corrected chi connectivity index (χ4v) is 4.06. The molecule has 30 heavy (non-hydrogen) atoms. The first-order chi connectivity index (χ1) is 14.4. The number of rotatable bonds is 8. The molecule has 1 aromatic heterocycles. The molecule has 0 aliphatic carbocycles. The minimum absolute atomic E-state index is 0.144. The molecule has 1 aliphatic heterocycles. The lowest BCUT2D eigenvalue weighted by atomic mass is 10.1. The smallest absolute Gasteiger partial charge is 0.405 e. The normalized spacial score (nSPS) is 16.1. The van der Waals surface area contributed by atoms with Crippen molar-refractivity contribution in [3.8, 4) is 5.75 Å². The summed E-state index contributed by atoms with van der Waals surface area (Å²) in [5.74, 6) is 0.752. The number of hydrogen-bond donors (Lipinski definition) is 2. The summed E-state index contributed by atoms with van der Waals surface area (Å²) in [6.45, 7) is -0.708. The summed E-state index contributed by atoms with van der Waals surface area (Å²) in [5, 5.41) is 4.99. The van der Waals surface area contributed by atoms with Gasteiger partial charge >= 0.3 is 6.18 Å². The lowest BCUT2D eigenvalue weighted by Crippen LogP contribution is -2.33. The van der Waals surface area contributed by atoms with Gasteiger partial charge in [-0.05, 0) is 24.5 Å². The van der Waals surface area contributed by atoms with Crippen LogP contribution in [0.1, 0.15) is 22.9 Å². The highest BCUT2D eigenvalue weighted by atomic mass is 32.2. The van der Waals surface area contributed by atoms with Crippen LogP contribution in [-0.2, 0) is 11.2 Å². The maximum atomic E-state index is 12.3. The number of alkyl halides is 3. The molecule has 1 amide bonds. The third-order valence-electron chi connectivity index (χ3n) is 4.37. The molecule has 2 heterocycles. The molecule has 0 saturated carbocycles. The van der Waals surface area contributed by atoms with E-state index in [0.717, 1.165) is 17.7 Å². The van der Waals surface area contributed by atoms with Crippen LogP contribution in [0.2, 0.25) is 0 Å². The van der Waals surface area contributed by atoms with Crippen LogP contribution in [0.25, 0.3) is 0 Å². The molecular formula is C20H21F3N4O2S. The predicted molar refractivity (Wildman–Crippen MR) is 109 cm³/mol. The number of hydrogen-bond acceptors (Lipinski definition) is 6. The minimum atomic E-state index is -4.43. The van der Waals surface area contributed by atoms with Crippen LogP contribution >= 0.6 is 11.8 Å². The first kappa shape index (κ1) is 21.9. The Morgan fingerprint density at radius 1 is 1.30 bits per heavy atom. The second-order valence-electron chi connectivity index (χ2n) is 6.53. The zero-order valence-corrected chi connectivity index (χ0v) is 17.0. The molecule has 160 valence electrons. The van der Waals surface area contributed by atoms with Gasteiger partial charge < -0.3 is 15.4 Å². The van der Waals surface area contributed by atoms with Crippen LogP contribution < -0.4 is 15.4 Å². The number of thioether (sulfide) groups is 1. The fraction of sp³-hybridized carbons (Fsp3) is 0.350. The van der Waals surface area contributed by atoms with Crippen molar-refractivity contribution in [2.45, 2.75) is 24.3 Å². The van der Waals surface area contributed by atoms with E-state index in [1.165, 1.54) is 18.1 Å². The zero-order valence-electron chi connectivity index (χ0n) is 16.2. The predicted octanol–water partition coefficient (Wildman–Crippen LogP) is 3.88. The van der Waals surface area contributed by atoms with Crippen molar-refractivity contribution in [1.82, 2.24) is 15.3 Å². The molecule has 0 bridgehead atoms. The number of anilines is 1. The molecule has 0 saturated heterocycles. The highest BCUT2D eigenvalue weighted by molar-refractivity contribution is 8.04. The van der Waals surface area contributed by atoms with Gasteiger partial charge in [0, 0.05) is 12.6 Å². The second kappa shape index (κ2) is 9.84. The molecule has 2 aromatic rings. The van der Waals surface area contributed by atoms with Gasteiger partial charge in [-0.25, -0.2) is 9.97 Å². The van der Waals surface area contributed by atoms with Crippen molar-refractivity contribution in [2.24, 2.45) is 0 Å². The van der Waals surface area contributed by atoms with Crippen LogP contribution in [0.15, 0.2) is 47.6 Å². The van der Waals surface area contributed by atoms with Gasteiger partial charge in [0.2, 0.25) is 0 Å². The molecule has 0 spiro atoms. The molecule has 0 radical (unpaired) electrons. The summed E-state index contributed by atoms with van der Waals surface area (Å²) < 4.78 is 42.2. The van der Waals surface area contributed by atoms with Crippen molar-refractivity contribution >= 4 is 23.5 Å². The van der Waals surface area contributed by atoms with Gasteiger partial charge in [0.1, 0.15) is 24.4 Å². The van der Waals surface area contributed by atoms with Gasteiger partial charge in [-0.1, -0.05) is 24.3 Å². The third kappa shape index (κ3) is 6.12. The number of benzene rings is 1. The van der Waals surface area contributed by atoms with Crippen LogP contribution in [-0.4, -0.2) is 42.3 Å². The Balaban J connectivity index is 1.53. The van der Waals surface area contributed by atoms with E-state index in [2.05, 4.69) is 15.3 Å². The topological polar surface area (TPSA) is 76.1 Å². The van der Waals surface area contributed by atoms with E-state index in [9.17, 15) is 18.0 Å². The number of allylic oxidation sites excluding steroid dienone is 1. The number of carbonyl (C=O) groups is 1. The Kier molecular flexibility index (Phi) is 7.20. The third-order valence-corrected chi connectivity index (χ3v) is 5.70. The maximum Gasteiger partial charge on any atom is 0.405 e. The van der Waals surface area contributed by atoms with Gasteiger partial charge in [0.15, 0.2) is 0 Å². The van der Waals surface area contributed by atoms with Gasteiger partial charge in [0.05, 0.1) is 23.0 Å². The number of ether oxygens (including phenoxy) is 1. The summed E-state index contributed by atoms with van der Waals surface area (Å²) in [6.07, 6.45) is -0.111. The Morgan fingerprint density at radius 3 is 2.87 bits per heavy atom. The monoisotopic (exact) mass is 438 g/mol. The lowest BCUT2D eigenvalue weighted by molar-refractivity contribution is -0.135. The van der Waals surface area contributed by atoms with E-state index in [4.69, 9.17) is 4.74 Å². The van der Waals surface area contributed by atoms with Crippen LogP contribution in [0.4, 0.5) is 19.0 Å². The number of aromatic nitrogens is 2. The van der Waals surface area contributed by atoms with E-state index in [0.29, 0.717) is 24.5 Å². The molecule has 2 N–H and O–H groups in total. The summed E-state index contributed by atoms with van der Waals surface area (Å²) in [4.78, 5) is 20.6. The molecule has 10 heteroatoms. The highest BCUT2D eigenvalue weighted by Gasteiger charge is 2.30. The second-order valence-corrected chi connectivity index (χ2v) is 7.77. The van der Waals surface area contributed by atoms with Crippen molar-refractivity contribution < 1.29 is 22.7 Å². The van der Waals surface area contributed by atoms with Crippen molar-refractivity contribution in [1.29, 1.82) is 0 Å². The molecular weight excluding hydrogens is 417 g/mol. The number of nitrogens with zero attached hydrogens (tertiary/aromatic N) is 2. The molecule has 1 aromatic carbocycles. The number of methoxy groups -OCH3 is 1. The Bertz CT molecular complexity index is 921. The average molecular weight is 438 g/mol. The zero-order chi connectivity index (χ0) is 21.6. The van der Waals surface area contributed by atoms with Crippen molar-refractivity contribution in [3.05, 3.63) is 58.9 Å². The van der Waals surface area contributed by atoms with E-state index < -0.39 is 18.6 Å². The van der Waals surface area contributed by atoms with Gasteiger partial charge in [-0.15, -0.1) is 11.8 Å². The number of amides is 1. The van der Waals surface area contributed by atoms with Crippen LogP contribution in [0.5, 0.6) is 5.75 Å². The Labute approximate surface area is 176 Å². The van der Waals surface area contributed by atoms with Gasteiger partial charge in [0.25, 0.3) is 5.91 Å². The van der Waals surface area contributed by atoms with E-state index in [1.807, 2.05) is 29.6 Å². The van der Waals surface area contributed by atoms with Crippen molar-refractivity contribution in [3.63, 3.8) is 0 Å². The molecule has 1 aliphatic rings. The molecule has 3 rings (SSSR count). The SMILES string of the molecule is COc1ccccc1CCNc1cc(C2CC=C(C(=O)NCC(F)(F)F)S2)ncn1. The van der Waals surface area contributed by atoms with E-state index in [1.54, 1.807) is 19.3 Å².